The van der Waals surface area contributed by atoms with E-state index in [0.717, 1.165) is 11.1 Å². The first kappa shape index (κ1) is 18.7. The molecule has 0 aliphatic carbocycles. The summed E-state index contributed by atoms with van der Waals surface area (Å²) in [5, 5.41) is 8.87. The predicted octanol–water partition coefficient (Wildman–Crippen LogP) is 2.67. The van der Waals surface area contributed by atoms with Crippen LogP contribution < -0.4 is 10.6 Å². The van der Waals surface area contributed by atoms with Gasteiger partial charge in [0.25, 0.3) is 11.8 Å². The largest absolute Gasteiger partial charge is 0.456 e. The first-order chi connectivity index (χ1) is 12.0. The summed E-state index contributed by atoms with van der Waals surface area (Å²) >= 11 is 1.42. The van der Waals surface area contributed by atoms with Crippen molar-refractivity contribution in [1.82, 2.24) is 5.32 Å². The molecular weight excluding hydrogens is 340 g/mol. The van der Waals surface area contributed by atoms with Crippen LogP contribution in [-0.2, 0) is 14.3 Å². The monoisotopic (exact) mass is 360 g/mol. The second-order valence-corrected chi connectivity index (χ2v) is 6.25. The number of rotatable bonds is 7. The lowest BCUT2D eigenvalue weighted by Crippen LogP contribution is -2.27. The number of carbonyl (C=O) groups excluding carboxylic acids is 3. The van der Waals surface area contributed by atoms with Crippen molar-refractivity contribution in [2.75, 3.05) is 18.5 Å². The summed E-state index contributed by atoms with van der Waals surface area (Å²) in [5.74, 6) is -1.17. The van der Waals surface area contributed by atoms with E-state index in [1.165, 1.54) is 11.3 Å². The van der Waals surface area contributed by atoms with E-state index in [9.17, 15) is 14.4 Å². The summed E-state index contributed by atoms with van der Waals surface area (Å²) in [4.78, 5) is 35.2. The van der Waals surface area contributed by atoms with Crippen LogP contribution in [0.25, 0.3) is 0 Å². The zero-order chi connectivity index (χ0) is 18.2. The number of ether oxygens (including phenoxy) is 1. The SMILES string of the molecule is Cc1cccc(NC(=O)COC(=O)CCNC(=O)c2ccsc2)c1C. The number of esters is 1. The number of aryl methyl sites for hydroxylation is 1. The van der Waals surface area contributed by atoms with E-state index in [1.54, 1.807) is 22.9 Å². The molecule has 0 fully saturated rings. The molecule has 0 radical (unpaired) electrons. The molecular formula is C18H20N2O4S. The van der Waals surface area contributed by atoms with Gasteiger partial charge in [-0.15, -0.1) is 0 Å². The maximum absolute atomic E-state index is 11.9. The van der Waals surface area contributed by atoms with Gasteiger partial charge in [0.05, 0.1) is 6.42 Å². The molecule has 0 aliphatic rings. The van der Waals surface area contributed by atoms with Crippen molar-refractivity contribution in [2.24, 2.45) is 0 Å². The Morgan fingerprint density at radius 1 is 1.16 bits per heavy atom. The summed E-state index contributed by atoms with van der Waals surface area (Å²) < 4.78 is 4.92. The van der Waals surface area contributed by atoms with Crippen molar-refractivity contribution < 1.29 is 19.1 Å². The molecule has 1 aromatic carbocycles. The fraction of sp³-hybridized carbons (Fsp3) is 0.278. The number of carbonyl (C=O) groups is 3. The average molecular weight is 360 g/mol. The molecule has 0 unspecified atom stereocenters. The van der Waals surface area contributed by atoms with Gasteiger partial charge in [-0.05, 0) is 42.5 Å². The van der Waals surface area contributed by atoms with Crippen molar-refractivity contribution in [1.29, 1.82) is 0 Å². The van der Waals surface area contributed by atoms with Gasteiger partial charge in [0, 0.05) is 23.2 Å². The van der Waals surface area contributed by atoms with Crippen LogP contribution in [0.1, 0.15) is 27.9 Å². The van der Waals surface area contributed by atoms with Gasteiger partial charge in [-0.3, -0.25) is 14.4 Å². The Labute approximate surface area is 150 Å². The van der Waals surface area contributed by atoms with Crippen LogP contribution in [0.3, 0.4) is 0 Å². The van der Waals surface area contributed by atoms with E-state index in [-0.39, 0.29) is 25.5 Å². The van der Waals surface area contributed by atoms with E-state index in [4.69, 9.17) is 4.74 Å². The van der Waals surface area contributed by atoms with E-state index < -0.39 is 11.9 Å². The van der Waals surface area contributed by atoms with Crippen LogP contribution >= 0.6 is 11.3 Å². The number of hydrogen-bond acceptors (Lipinski definition) is 5. The molecule has 132 valence electrons. The molecule has 1 heterocycles. The van der Waals surface area contributed by atoms with E-state index in [2.05, 4.69) is 10.6 Å². The van der Waals surface area contributed by atoms with Crippen molar-refractivity contribution in [3.05, 3.63) is 51.7 Å². The number of anilines is 1. The minimum atomic E-state index is -0.540. The van der Waals surface area contributed by atoms with Gasteiger partial charge in [0.2, 0.25) is 0 Å². The van der Waals surface area contributed by atoms with Crippen molar-refractivity contribution in [2.45, 2.75) is 20.3 Å². The van der Waals surface area contributed by atoms with E-state index in [0.29, 0.717) is 11.3 Å². The molecule has 2 amide bonds. The van der Waals surface area contributed by atoms with Gasteiger partial charge >= 0.3 is 5.97 Å². The lowest BCUT2D eigenvalue weighted by atomic mass is 10.1. The third kappa shape index (κ3) is 5.72. The Balaban J connectivity index is 1.68. The van der Waals surface area contributed by atoms with Crippen LogP contribution in [-0.4, -0.2) is 30.9 Å². The molecule has 0 saturated carbocycles. The van der Waals surface area contributed by atoms with E-state index >= 15 is 0 Å². The van der Waals surface area contributed by atoms with Crippen molar-refractivity contribution >= 4 is 34.8 Å². The maximum Gasteiger partial charge on any atom is 0.308 e. The Kier molecular flexibility index (Phi) is 6.71. The summed E-state index contributed by atoms with van der Waals surface area (Å²) in [6.07, 6.45) is 0.00658. The van der Waals surface area contributed by atoms with Crippen LogP contribution in [0.15, 0.2) is 35.0 Å². The molecule has 0 spiro atoms. The standard InChI is InChI=1S/C18H20N2O4S/c1-12-4-3-5-15(13(12)2)20-16(21)10-24-17(22)6-8-19-18(23)14-7-9-25-11-14/h3-5,7,9,11H,6,8,10H2,1-2H3,(H,19,23)(H,20,21). The van der Waals surface area contributed by atoms with Gasteiger partial charge in [-0.25, -0.2) is 0 Å². The minimum absolute atomic E-state index is 0.00658. The molecule has 0 atom stereocenters. The zero-order valence-corrected chi connectivity index (χ0v) is 14.9. The second-order valence-electron chi connectivity index (χ2n) is 5.47. The van der Waals surface area contributed by atoms with Crippen LogP contribution in [0.5, 0.6) is 0 Å². The van der Waals surface area contributed by atoms with Crippen LogP contribution in [0.2, 0.25) is 0 Å². The lowest BCUT2D eigenvalue weighted by molar-refractivity contribution is -0.147. The molecule has 2 N–H and O–H groups in total. The van der Waals surface area contributed by atoms with E-state index in [1.807, 2.05) is 26.0 Å². The molecule has 7 heteroatoms. The average Bonchev–Trinajstić information content (AvgIpc) is 3.12. The van der Waals surface area contributed by atoms with Crippen LogP contribution in [0.4, 0.5) is 5.69 Å². The topological polar surface area (TPSA) is 84.5 Å². The van der Waals surface area contributed by atoms with Gasteiger partial charge in [0.15, 0.2) is 6.61 Å². The lowest BCUT2D eigenvalue weighted by Gasteiger charge is -2.10. The Hall–Kier alpha value is -2.67. The quantitative estimate of drug-likeness (QED) is 0.744. The highest BCUT2D eigenvalue weighted by Gasteiger charge is 2.11. The third-order valence-corrected chi connectivity index (χ3v) is 4.32. The second kappa shape index (κ2) is 8.98. The fourth-order valence-electron chi connectivity index (χ4n) is 2.06. The van der Waals surface area contributed by atoms with Crippen LogP contribution in [0, 0.1) is 13.8 Å². The highest BCUT2D eigenvalue weighted by Crippen LogP contribution is 2.17. The van der Waals surface area contributed by atoms with Crippen molar-refractivity contribution in [3.63, 3.8) is 0 Å². The summed E-state index contributed by atoms with van der Waals surface area (Å²) in [6.45, 7) is 3.67. The molecule has 0 bridgehead atoms. The smallest absolute Gasteiger partial charge is 0.308 e. The Morgan fingerprint density at radius 3 is 2.68 bits per heavy atom. The molecule has 2 rings (SSSR count). The highest BCUT2D eigenvalue weighted by atomic mass is 32.1. The van der Waals surface area contributed by atoms with Gasteiger partial charge < -0.3 is 15.4 Å². The number of benzene rings is 1. The number of hydrogen-bond donors (Lipinski definition) is 2. The Morgan fingerprint density at radius 2 is 1.96 bits per heavy atom. The summed E-state index contributed by atoms with van der Waals surface area (Å²) in [5.41, 5.74) is 3.30. The first-order valence-electron chi connectivity index (χ1n) is 7.79. The Bertz CT molecular complexity index is 756. The minimum Gasteiger partial charge on any atom is -0.456 e. The number of amides is 2. The maximum atomic E-state index is 11.9. The highest BCUT2D eigenvalue weighted by molar-refractivity contribution is 7.08. The predicted molar refractivity (Wildman–Crippen MR) is 96.8 cm³/mol. The summed E-state index contributed by atoms with van der Waals surface area (Å²) in [7, 11) is 0. The first-order valence-corrected chi connectivity index (χ1v) is 8.73. The molecule has 1 aromatic heterocycles. The summed E-state index contributed by atoms with van der Waals surface area (Å²) in [6, 6.07) is 7.30. The fourth-order valence-corrected chi connectivity index (χ4v) is 2.70. The molecule has 2 aromatic rings. The van der Waals surface area contributed by atoms with Gasteiger partial charge in [0.1, 0.15) is 0 Å². The molecule has 25 heavy (non-hydrogen) atoms. The zero-order valence-electron chi connectivity index (χ0n) is 14.1. The normalized spacial score (nSPS) is 10.2. The molecule has 0 saturated heterocycles. The number of nitrogens with one attached hydrogen (secondary N) is 2. The van der Waals surface area contributed by atoms with Crippen molar-refractivity contribution in [3.8, 4) is 0 Å². The third-order valence-electron chi connectivity index (χ3n) is 3.64. The number of thiophene rings is 1. The molecule has 0 aliphatic heterocycles. The van der Waals surface area contributed by atoms with Gasteiger partial charge in [-0.2, -0.15) is 11.3 Å². The molecule has 6 nitrogen and oxygen atoms in total. The van der Waals surface area contributed by atoms with Gasteiger partial charge in [-0.1, -0.05) is 12.1 Å².